The van der Waals surface area contributed by atoms with Crippen LogP contribution in [0.25, 0.3) is 61.7 Å². The molecule has 7 nitrogen and oxygen atoms in total. The fourth-order valence-corrected chi connectivity index (χ4v) is 11.4. The van der Waals surface area contributed by atoms with Crippen LogP contribution in [0.4, 0.5) is 17.1 Å². The summed E-state index contributed by atoms with van der Waals surface area (Å²) in [5.74, 6) is 1.18. The molecule has 0 bridgehead atoms. The SMILES string of the molecule is C[Si]1(C)c2ccccc2N(c2ccccc2)c2cc3c(cc21)c1ccccc1n3-c1cc(C#N)c(-c2nc(-c3ccccc3)nc(-c3ccccc3)n2)c(C#N)c1. The van der Waals surface area contributed by atoms with Gasteiger partial charge in [-0.15, -0.1) is 0 Å². The number of benzene rings is 7. The van der Waals surface area contributed by atoms with E-state index in [2.05, 4.69) is 114 Å². The van der Waals surface area contributed by atoms with E-state index in [1.807, 2.05) is 84.9 Å². The molecule has 0 saturated carbocycles. The Kier molecular flexibility index (Phi) is 7.89. The van der Waals surface area contributed by atoms with Crippen LogP contribution in [0, 0.1) is 22.7 Å². The van der Waals surface area contributed by atoms with Crippen molar-refractivity contribution < 1.29 is 0 Å². The zero-order valence-corrected chi connectivity index (χ0v) is 32.2. The van der Waals surface area contributed by atoms with E-state index in [9.17, 15) is 10.5 Å². The average Bonchev–Trinajstić information content (AvgIpc) is 3.59. The number of anilines is 3. The molecular weight excluding hydrogens is 715 g/mol. The summed E-state index contributed by atoms with van der Waals surface area (Å²) in [5.41, 5.74) is 8.67. The maximum Gasteiger partial charge on any atom is 0.166 e. The van der Waals surface area contributed by atoms with Gasteiger partial charge in [0.2, 0.25) is 0 Å². The molecule has 9 aromatic rings. The molecule has 0 saturated heterocycles. The Hall–Kier alpha value is -7.65. The molecule has 0 aliphatic carbocycles. The van der Waals surface area contributed by atoms with Gasteiger partial charge in [-0.05, 0) is 52.8 Å². The highest BCUT2D eigenvalue weighted by Crippen LogP contribution is 2.43. The van der Waals surface area contributed by atoms with Gasteiger partial charge in [0.15, 0.2) is 17.5 Å². The summed E-state index contributed by atoms with van der Waals surface area (Å²) in [4.78, 5) is 17.0. The van der Waals surface area contributed by atoms with Gasteiger partial charge in [-0.25, -0.2) is 15.0 Å². The number of rotatable bonds is 5. The molecule has 268 valence electrons. The van der Waals surface area contributed by atoms with Crippen molar-refractivity contribution in [1.29, 1.82) is 10.5 Å². The van der Waals surface area contributed by atoms with Crippen molar-refractivity contribution in [2.24, 2.45) is 0 Å². The highest BCUT2D eigenvalue weighted by Gasteiger charge is 2.39. The van der Waals surface area contributed by atoms with E-state index >= 15 is 0 Å². The van der Waals surface area contributed by atoms with Gasteiger partial charge >= 0.3 is 0 Å². The molecule has 0 radical (unpaired) electrons. The van der Waals surface area contributed by atoms with Crippen LogP contribution in [0.2, 0.25) is 13.1 Å². The smallest absolute Gasteiger partial charge is 0.166 e. The first-order valence-corrected chi connectivity index (χ1v) is 21.8. The van der Waals surface area contributed by atoms with Crippen molar-refractivity contribution in [3.63, 3.8) is 0 Å². The van der Waals surface area contributed by atoms with Gasteiger partial charge in [-0.3, -0.25) is 0 Å². The minimum Gasteiger partial charge on any atom is -0.311 e. The Morgan fingerprint density at radius 1 is 0.474 bits per heavy atom. The topological polar surface area (TPSA) is 94.4 Å². The van der Waals surface area contributed by atoms with Crippen LogP contribution < -0.4 is 15.3 Å². The van der Waals surface area contributed by atoms with E-state index in [0.29, 0.717) is 34.0 Å². The zero-order chi connectivity index (χ0) is 38.7. The molecule has 7 aromatic carbocycles. The monoisotopic (exact) mass is 747 g/mol. The average molecular weight is 748 g/mol. The molecule has 0 amide bonds. The molecule has 0 atom stereocenters. The Morgan fingerprint density at radius 3 is 1.65 bits per heavy atom. The van der Waals surface area contributed by atoms with E-state index in [1.165, 1.54) is 16.1 Å². The lowest BCUT2D eigenvalue weighted by Gasteiger charge is -2.41. The molecular formula is C49H33N7Si. The van der Waals surface area contributed by atoms with E-state index in [1.54, 1.807) is 0 Å². The molecule has 1 aliphatic heterocycles. The lowest BCUT2D eigenvalue weighted by molar-refractivity contribution is 1.07. The van der Waals surface area contributed by atoms with Gasteiger partial charge in [0.05, 0.1) is 27.7 Å². The maximum atomic E-state index is 10.8. The molecule has 57 heavy (non-hydrogen) atoms. The van der Waals surface area contributed by atoms with Crippen molar-refractivity contribution in [2.45, 2.75) is 13.1 Å². The van der Waals surface area contributed by atoms with E-state index in [-0.39, 0.29) is 5.82 Å². The van der Waals surface area contributed by atoms with Gasteiger partial charge in [0.1, 0.15) is 20.2 Å². The standard InChI is InChI=1S/C49H33N7Si/c1-57(2)44-25-15-14-24-41(44)55(36-20-10-5-11-21-36)43-29-42-39(28-45(43)57)38-22-12-13-23-40(38)56(42)37-26-34(30-50)46(35(27-37)31-51)49-53-47(32-16-6-3-7-17-32)52-48(54-49)33-18-8-4-9-19-33/h3-29H,1-2H3. The molecule has 2 aromatic heterocycles. The Morgan fingerprint density at radius 2 is 1.02 bits per heavy atom. The van der Waals surface area contributed by atoms with Crippen LogP contribution >= 0.6 is 0 Å². The summed E-state index contributed by atoms with van der Waals surface area (Å²) in [6.07, 6.45) is 0. The minimum atomic E-state index is -2.17. The molecule has 1 aliphatic rings. The van der Waals surface area contributed by atoms with Gasteiger partial charge < -0.3 is 9.47 Å². The van der Waals surface area contributed by atoms with E-state index in [4.69, 9.17) is 15.0 Å². The number of hydrogen-bond acceptors (Lipinski definition) is 6. The van der Waals surface area contributed by atoms with Crippen LogP contribution in [-0.4, -0.2) is 27.6 Å². The molecule has 0 fully saturated rings. The Labute approximate surface area is 331 Å². The van der Waals surface area contributed by atoms with Crippen molar-refractivity contribution >= 4 is 57.3 Å². The summed E-state index contributed by atoms with van der Waals surface area (Å²) in [6, 6.07) is 60.3. The molecule has 0 unspecified atom stereocenters. The molecule has 3 heterocycles. The number of nitriles is 2. The predicted molar refractivity (Wildman–Crippen MR) is 231 cm³/mol. The van der Waals surface area contributed by atoms with E-state index in [0.717, 1.165) is 44.3 Å². The van der Waals surface area contributed by atoms with Crippen LogP contribution in [0.15, 0.2) is 164 Å². The van der Waals surface area contributed by atoms with Crippen LogP contribution in [-0.2, 0) is 0 Å². The number of para-hydroxylation sites is 3. The molecule has 10 rings (SSSR count). The van der Waals surface area contributed by atoms with Gasteiger partial charge in [-0.1, -0.05) is 134 Å². The molecule has 0 N–H and O–H groups in total. The second-order valence-corrected chi connectivity index (χ2v) is 19.1. The van der Waals surface area contributed by atoms with Crippen LogP contribution in [0.1, 0.15) is 11.1 Å². The normalized spacial score (nSPS) is 12.8. The van der Waals surface area contributed by atoms with E-state index < -0.39 is 8.07 Å². The van der Waals surface area contributed by atoms with Crippen molar-refractivity contribution in [3.8, 4) is 52.0 Å². The quantitative estimate of drug-likeness (QED) is 0.163. The van der Waals surface area contributed by atoms with Crippen molar-refractivity contribution in [1.82, 2.24) is 19.5 Å². The van der Waals surface area contributed by atoms with Gasteiger partial charge in [0, 0.05) is 44.6 Å². The number of hydrogen-bond donors (Lipinski definition) is 0. The zero-order valence-electron chi connectivity index (χ0n) is 31.2. The highest BCUT2D eigenvalue weighted by atomic mass is 28.3. The summed E-state index contributed by atoms with van der Waals surface area (Å²) in [6.45, 7) is 4.87. The summed E-state index contributed by atoms with van der Waals surface area (Å²) < 4.78 is 2.19. The first-order valence-electron chi connectivity index (χ1n) is 18.8. The van der Waals surface area contributed by atoms with Crippen LogP contribution in [0.5, 0.6) is 0 Å². The fourth-order valence-electron chi connectivity index (χ4n) is 8.39. The summed E-state index contributed by atoms with van der Waals surface area (Å²) in [5, 5.41) is 26.7. The summed E-state index contributed by atoms with van der Waals surface area (Å²) in [7, 11) is -2.17. The third-order valence-corrected chi connectivity index (χ3v) is 14.6. The van der Waals surface area contributed by atoms with Gasteiger partial charge in [0.25, 0.3) is 0 Å². The first-order chi connectivity index (χ1) is 27.9. The highest BCUT2D eigenvalue weighted by molar-refractivity contribution is 7.02. The third kappa shape index (κ3) is 5.43. The lowest BCUT2D eigenvalue weighted by atomic mass is 9.99. The number of aromatic nitrogens is 4. The van der Waals surface area contributed by atoms with Gasteiger partial charge in [-0.2, -0.15) is 10.5 Å². The number of fused-ring (bicyclic) bond motifs is 5. The largest absolute Gasteiger partial charge is 0.311 e. The second kappa shape index (κ2) is 13.3. The minimum absolute atomic E-state index is 0.267. The number of nitrogens with zero attached hydrogens (tertiary/aromatic N) is 7. The third-order valence-electron chi connectivity index (χ3n) is 11.1. The Balaban J connectivity index is 1.23. The van der Waals surface area contributed by atoms with Crippen LogP contribution in [0.3, 0.4) is 0 Å². The Bertz CT molecular complexity index is 3030. The van der Waals surface area contributed by atoms with Crippen molar-refractivity contribution in [2.75, 3.05) is 4.90 Å². The fraction of sp³-hybridized carbons (Fsp3) is 0.0408. The van der Waals surface area contributed by atoms with Crippen molar-refractivity contribution in [3.05, 3.63) is 175 Å². The predicted octanol–water partition coefficient (Wildman–Crippen LogP) is 10.3. The first kappa shape index (κ1) is 33.9. The molecule has 0 spiro atoms. The lowest BCUT2D eigenvalue weighted by Crippen LogP contribution is -2.58. The maximum absolute atomic E-state index is 10.8. The molecule has 8 heteroatoms. The summed E-state index contributed by atoms with van der Waals surface area (Å²) >= 11 is 0. The second-order valence-electron chi connectivity index (χ2n) is 14.7.